The van der Waals surface area contributed by atoms with E-state index in [0.29, 0.717) is 89.8 Å². The molecule has 8 bridgehead atoms. The zero-order chi connectivity index (χ0) is 46.5. The van der Waals surface area contributed by atoms with Crippen molar-refractivity contribution in [3.8, 4) is 23.0 Å². The highest BCUT2D eigenvalue weighted by molar-refractivity contribution is 5.94. The predicted molar refractivity (Wildman–Crippen MR) is 233 cm³/mol. The SMILES string of the molecule is C=CC(=O)OCc1cc2c(OC)c(c1)Cc1cc(COC(=O)CC(C)=O)cc(c1OC)Cc1cc(COC(=O)CC(C)=O)cc(c1OC)Cc1cc(COC(=O)C=C)cc(c1OC)C2. The van der Waals surface area contributed by atoms with E-state index >= 15 is 0 Å². The number of benzene rings is 4. The second kappa shape index (κ2) is 22.2. The Morgan fingerprint density at radius 1 is 0.422 bits per heavy atom. The van der Waals surface area contributed by atoms with Crippen LogP contribution in [0.25, 0.3) is 0 Å². The van der Waals surface area contributed by atoms with E-state index in [2.05, 4.69) is 13.2 Å². The molecule has 0 unspecified atom stereocenters. The number of methoxy groups -OCH3 is 4. The number of fused-ring (bicyclic) bond motifs is 8. The topological polar surface area (TPSA) is 176 Å². The zero-order valence-electron chi connectivity index (χ0n) is 37.0. The number of carbonyl (C=O) groups excluding carboxylic acids is 6. The average molecular weight is 877 g/mol. The summed E-state index contributed by atoms with van der Waals surface area (Å²) in [6.07, 6.45) is 2.30. The van der Waals surface area contributed by atoms with Crippen LogP contribution in [0, 0.1) is 0 Å². The lowest BCUT2D eigenvalue weighted by Gasteiger charge is -2.23. The Bertz CT molecular complexity index is 2310. The van der Waals surface area contributed by atoms with Crippen LogP contribution in [-0.4, -0.2) is 63.9 Å². The maximum absolute atomic E-state index is 12.6. The van der Waals surface area contributed by atoms with Crippen molar-refractivity contribution in [2.75, 3.05) is 28.4 Å². The van der Waals surface area contributed by atoms with Crippen LogP contribution in [0.15, 0.2) is 73.8 Å². The fourth-order valence-corrected chi connectivity index (χ4v) is 7.82. The van der Waals surface area contributed by atoms with Crippen molar-refractivity contribution in [1.82, 2.24) is 0 Å². The molecule has 4 aromatic rings. The summed E-state index contributed by atoms with van der Waals surface area (Å²) in [6, 6.07) is 14.9. The van der Waals surface area contributed by atoms with Gasteiger partial charge in [-0.3, -0.25) is 19.2 Å². The monoisotopic (exact) mass is 876 g/mol. The first-order valence-corrected chi connectivity index (χ1v) is 20.3. The Morgan fingerprint density at radius 2 is 0.641 bits per heavy atom. The van der Waals surface area contributed by atoms with Crippen molar-refractivity contribution in [1.29, 1.82) is 0 Å². The third-order valence-electron chi connectivity index (χ3n) is 10.2. The van der Waals surface area contributed by atoms with Crippen molar-refractivity contribution < 1.29 is 66.7 Å². The van der Waals surface area contributed by atoms with E-state index in [0.717, 1.165) is 12.2 Å². The number of Topliss-reactive ketones (excluding diaryl/α,β-unsaturated/α-hetero) is 2. The first kappa shape index (κ1) is 47.8. The van der Waals surface area contributed by atoms with Crippen LogP contribution < -0.4 is 18.9 Å². The third-order valence-corrected chi connectivity index (χ3v) is 10.2. The van der Waals surface area contributed by atoms with Crippen molar-refractivity contribution in [2.24, 2.45) is 0 Å². The third kappa shape index (κ3) is 12.5. The van der Waals surface area contributed by atoms with Crippen LogP contribution in [0.1, 0.15) is 93.5 Å². The summed E-state index contributed by atoms with van der Waals surface area (Å²) in [5.74, 6) is -1.10. The number of ketones is 2. The summed E-state index contributed by atoms with van der Waals surface area (Å²) >= 11 is 0. The first-order valence-electron chi connectivity index (χ1n) is 20.3. The highest BCUT2D eigenvalue weighted by atomic mass is 16.5. The van der Waals surface area contributed by atoms with E-state index in [9.17, 15) is 28.8 Å². The summed E-state index contributed by atoms with van der Waals surface area (Å²) in [5, 5.41) is 0. The van der Waals surface area contributed by atoms with Crippen LogP contribution in [0.4, 0.5) is 0 Å². The van der Waals surface area contributed by atoms with Gasteiger partial charge in [0.25, 0.3) is 0 Å². The van der Waals surface area contributed by atoms with Gasteiger partial charge in [0.15, 0.2) is 0 Å². The molecule has 4 aromatic carbocycles. The molecule has 0 saturated heterocycles. The lowest BCUT2D eigenvalue weighted by Crippen LogP contribution is -2.11. The molecule has 64 heavy (non-hydrogen) atoms. The van der Waals surface area contributed by atoms with E-state index < -0.39 is 23.9 Å². The van der Waals surface area contributed by atoms with Crippen LogP contribution >= 0.6 is 0 Å². The van der Waals surface area contributed by atoms with Gasteiger partial charge in [0.1, 0.15) is 73.8 Å². The van der Waals surface area contributed by atoms with Gasteiger partial charge < -0.3 is 37.9 Å². The number of rotatable bonds is 18. The minimum atomic E-state index is -0.673. The van der Waals surface area contributed by atoms with Crippen molar-refractivity contribution in [3.63, 3.8) is 0 Å². The predicted octanol–water partition coefficient (Wildman–Crippen LogP) is 6.90. The average Bonchev–Trinajstić information content (AvgIpc) is 3.25. The zero-order valence-corrected chi connectivity index (χ0v) is 37.0. The molecule has 0 amide bonds. The quantitative estimate of drug-likeness (QED) is 0.0385. The van der Waals surface area contributed by atoms with Gasteiger partial charge in [-0.1, -0.05) is 13.2 Å². The summed E-state index contributed by atoms with van der Waals surface area (Å²) in [5.41, 5.74) is 8.10. The number of carbonyl (C=O) groups is 6. The molecule has 14 nitrogen and oxygen atoms in total. The molecule has 0 radical (unpaired) electrons. The maximum Gasteiger partial charge on any atom is 0.330 e. The number of ether oxygens (including phenoxy) is 8. The molecule has 0 aromatic heterocycles. The lowest BCUT2D eigenvalue weighted by atomic mass is 9.88. The Hall–Kier alpha value is -7.22. The van der Waals surface area contributed by atoms with Crippen molar-refractivity contribution in [2.45, 2.75) is 78.8 Å². The summed E-state index contributed by atoms with van der Waals surface area (Å²) in [7, 11) is 6.23. The number of hydrogen-bond donors (Lipinski definition) is 0. The van der Waals surface area contributed by atoms with E-state index in [1.807, 2.05) is 48.5 Å². The molecule has 0 N–H and O–H groups in total. The second-order valence-corrected chi connectivity index (χ2v) is 15.2. The van der Waals surface area contributed by atoms with Crippen LogP contribution in [0.3, 0.4) is 0 Å². The van der Waals surface area contributed by atoms with Crippen molar-refractivity contribution in [3.05, 3.63) is 141 Å². The smallest absolute Gasteiger partial charge is 0.330 e. The van der Waals surface area contributed by atoms with Gasteiger partial charge in [0.05, 0.1) is 28.4 Å². The molecule has 1 aliphatic rings. The fourth-order valence-electron chi connectivity index (χ4n) is 7.82. The summed E-state index contributed by atoms with van der Waals surface area (Å²) in [6.45, 7) is 9.21. The summed E-state index contributed by atoms with van der Waals surface area (Å²) < 4.78 is 46.8. The molecule has 0 fully saturated rings. The Balaban J connectivity index is 1.83. The molecule has 0 spiro atoms. The van der Waals surface area contributed by atoms with Gasteiger partial charge in [-0.2, -0.15) is 0 Å². The fraction of sp³-hybridized carbons (Fsp3) is 0.320. The summed E-state index contributed by atoms with van der Waals surface area (Å²) in [4.78, 5) is 73.2. The van der Waals surface area contributed by atoms with Crippen LogP contribution in [0.5, 0.6) is 23.0 Å². The van der Waals surface area contributed by atoms with Gasteiger partial charge in [0, 0.05) is 37.8 Å². The molecule has 5 rings (SSSR count). The van der Waals surface area contributed by atoms with Gasteiger partial charge in [-0.25, -0.2) is 9.59 Å². The maximum atomic E-state index is 12.6. The number of esters is 4. The highest BCUT2D eigenvalue weighted by Gasteiger charge is 2.25. The molecular weight excluding hydrogens is 825 g/mol. The number of hydrogen-bond acceptors (Lipinski definition) is 14. The van der Waals surface area contributed by atoms with E-state index in [4.69, 9.17) is 37.9 Å². The first-order chi connectivity index (χ1) is 30.7. The van der Waals surface area contributed by atoms with Crippen LogP contribution in [-0.2, 0) is 99.8 Å². The van der Waals surface area contributed by atoms with Gasteiger partial charge >= 0.3 is 23.9 Å². The van der Waals surface area contributed by atoms with Crippen LogP contribution in [0.2, 0.25) is 0 Å². The minimum Gasteiger partial charge on any atom is -0.496 e. The Labute approximate surface area is 372 Å². The van der Waals surface area contributed by atoms with E-state index in [1.54, 1.807) is 28.4 Å². The lowest BCUT2D eigenvalue weighted by molar-refractivity contribution is -0.148. The Kier molecular flexibility index (Phi) is 16.6. The van der Waals surface area contributed by atoms with Gasteiger partial charge in [-0.15, -0.1) is 0 Å². The molecule has 1 aliphatic carbocycles. The molecule has 14 heteroatoms. The highest BCUT2D eigenvalue weighted by Crippen LogP contribution is 2.41. The largest absolute Gasteiger partial charge is 0.496 e. The molecule has 0 heterocycles. The van der Waals surface area contributed by atoms with E-state index in [-0.39, 0.29) is 76.5 Å². The normalized spacial score (nSPS) is 11.6. The standard InChI is InChI=1S/C50H52O14/c1-9-43(53)61-25-31-13-35-21-36-14-32(26-62-44(54)10-2)16-38(48(36)58-6)23-40-18-34(28-64-46(56)12-30(4)52)20-42(50(40)60-8)24-41-19-33(27-63-45(55)11-29(3)51)17-39(49(41)59-7)22-37(15-31)47(35)57-5/h9-10,13-20H,1-2,11-12,21-28H2,3-8H3. The van der Waals surface area contributed by atoms with Crippen molar-refractivity contribution >= 4 is 35.4 Å². The minimum absolute atomic E-state index is 0.0792. The van der Waals surface area contributed by atoms with E-state index in [1.165, 1.54) is 13.8 Å². The van der Waals surface area contributed by atoms with Gasteiger partial charge in [0.2, 0.25) is 0 Å². The molecule has 336 valence electrons. The molecule has 0 aliphatic heterocycles. The second-order valence-electron chi connectivity index (χ2n) is 15.2. The Morgan fingerprint density at radius 3 is 0.828 bits per heavy atom. The molecular formula is C50H52O14. The molecule has 0 atom stereocenters. The van der Waals surface area contributed by atoms with Gasteiger partial charge in [-0.05, 0) is 129 Å². The molecule has 0 saturated carbocycles.